The molecule has 1 aliphatic rings. The Hall–Kier alpha value is -3.37. The van der Waals surface area contributed by atoms with Crippen molar-refractivity contribution in [2.45, 2.75) is 19.8 Å². The molecular formula is C21H16N2O4S. The molecule has 0 saturated heterocycles. The third-order valence-electron chi connectivity index (χ3n) is 4.80. The lowest BCUT2D eigenvalue weighted by Gasteiger charge is -2.06. The summed E-state index contributed by atoms with van der Waals surface area (Å²) < 4.78 is 4.26. The highest BCUT2D eigenvalue weighted by Gasteiger charge is 2.49. The molecule has 1 fully saturated rings. The summed E-state index contributed by atoms with van der Waals surface area (Å²) in [5.41, 5.74) is 1.93. The van der Waals surface area contributed by atoms with Gasteiger partial charge in [-0.15, -0.1) is 0 Å². The van der Waals surface area contributed by atoms with E-state index in [0.29, 0.717) is 24.2 Å². The lowest BCUT2D eigenvalue weighted by Crippen LogP contribution is -2.11. The van der Waals surface area contributed by atoms with Crippen LogP contribution in [0.15, 0.2) is 36.4 Å². The van der Waals surface area contributed by atoms with Gasteiger partial charge < -0.3 is 10.2 Å². The Balaban J connectivity index is 1.68. The zero-order valence-corrected chi connectivity index (χ0v) is 15.8. The largest absolute Gasteiger partial charge is 0.480 e. The molecule has 1 aromatic heterocycles. The maximum atomic E-state index is 11.2. The number of amides is 1. The fraction of sp³-hybridized carbons (Fsp3) is 0.190. The average molecular weight is 392 g/mol. The summed E-state index contributed by atoms with van der Waals surface area (Å²) in [6.07, 6.45) is 0.0869. The highest BCUT2D eigenvalue weighted by Crippen LogP contribution is 2.45. The number of hydrogen-bond acceptors (Lipinski definition) is 4. The van der Waals surface area contributed by atoms with E-state index in [2.05, 4.69) is 21.5 Å². The van der Waals surface area contributed by atoms with Crippen LogP contribution in [0.1, 0.15) is 24.1 Å². The first-order chi connectivity index (χ1) is 13.4. The van der Waals surface area contributed by atoms with Crippen molar-refractivity contribution in [3.05, 3.63) is 47.7 Å². The molecule has 0 radical (unpaired) electrons. The fourth-order valence-corrected chi connectivity index (χ4v) is 3.84. The summed E-state index contributed by atoms with van der Waals surface area (Å²) in [7, 11) is 0. The van der Waals surface area contributed by atoms with Gasteiger partial charge in [-0.25, -0.2) is 4.79 Å². The van der Waals surface area contributed by atoms with Crippen molar-refractivity contribution in [2.24, 2.45) is 5.41 Å². The second-order valence-corrected chi connectivity index (χ2v) is 7.59. The molecule has 3 aromatic rings. The first-order valence-electron chi connectivity index (χ1n) is 8.65. The van der Waals surface area contributed by atoms with Gasteiger partial charge in [0.25, 0.3) is 0 Å². The number of carboxylic acids is 1. The van der Waals surface area contributed by atoms with Crippen LogP contribution in [-0.2, 0) is 4.79 Å². The number of nitrogens with zero attached hydrogens (tertiary/aromatic N) is 1. The van der Waals surface area contributed by atoms with E-state index in [1.807, 2.05) is 36.4 Å². The number of aryl methyl sites for hydroxylation is 1. The van der Waals surface area contributed by atoms with Gasteiger partial charge in [0.15, 0.2) is 0 Å². The van der Waals surface area contributed by atoms with Gasteiger partial charge >= 0.3 is 12.1 Å². The predicted octanol–water partition coefficient (Wildman–Crippen LogP) is 4.58. The molecule has 0 spiro atoms. The number of rotatable bonds is 3. The molecule has 1 saturated carbocycles. The van der Waals surface area contributed by atoms with Crippen LogP contribution >= 0.6 is 11.5 Å². The van der Waals surface area contributed by atoms with Crippen molar-refractivity contribution in [3.63, 3.8) is 0 Å². The van der Waals surface area contributed by atoms with Gasteiger partial charge in [0.2, 0.25) is 0 Å². The zero-order valence-electron chi connectivity index (χ0n) is 14.9. The van der Waals surface area contributed by atoms with Crippen molar-refractivity contribution in [1.82, 2.24) is 4.37 Å². The second-order valence-electron chi connectivity index (χ2n) is 6.82. The van der Waals surface area contributed by atoms with Crippen LogP contribution in [0, 0.1) is 24.2 Å². The lowest BCUT2D eigenvalue weighted by molar-refractivity contribution is -0.141. The van der Waals surface area contributed by atoms with E-state index in [9.17, 15) is 14.7 Å². The number of nitrogens with one attached hydrogen (secondary N) is 1. The van der Waals surface area contributed by atoms with Gasteiger partial charge in [0.05, 0.1) is 16.3 Å². The first-order valence-corrected chi connectivity index (χ1v) is 9.42. The van der Waals surface area contributed by atoms with E-state index < -0.39 is 17.5 Å². The van der Waals surface area contributed by atoms with Gasteiger partial charge in [-0.2, -0.15) is 4.37 Å². The molecule has 140 valence electrons. The molecule has 2 aromatic carbocycles. The molecule has 0 aliphatic heterocycles. The van der Waals surface area contributed by atoms with E-state index >= 15 is 0 Å². The van der Waals surface area contributed by atoms with Crippen LogP contribution in [0.2, 0.25) is 0 Å². The molecule has 1 aliphatic carbocycles. The molecule has 28 heavy (non-hydrogen) atoms. The number of carboxylic acid groups (broad SMARTS) is 2. The van der Waals surface area contributed by atoms with E-state index in [-0.39, 0.29) is 0 Å². The second kappa shape index (κ2) is 6.66. The smallest absolute Gasteiger partial charge is 0.409 e. The van der Waals surface area contributed by atoms with Gasteiger partial charge in [0, 0.05) is 5.56 Å². The highest BCUT2D eigenvalue weighted by atomic mass is 32.1. The molecule has 4 rings (SSSR count). The number of anilines is 1. The van der Waals surface area contributed by atoms with Crippen molar-refractivity contribution in [3.8, 4) is 22.3 Å². The minimum atomic E-state index is -1.12. The topological polar surface area (TPSA) is 99.5 Å². The van der Waals surface area contributed by atoms with Gasteiger partial charge in [-0.1, -0.05) is 30.0 Å². The van der Waals surface area contributed by atoms with Crippen molar-refractivity contribution < 1.29 is 19.8 Å². The number of fused-ring (bicyclic) bond motifs is 1. The molecule has 3 N–H and O–H groups in total. The van der Waals surface area contributed by atoms with Crippen LogP contribution < -0.4 is 5.32 Å². The Bertz CT molecular complexity index is 1180. The number of benzene rings is 2. The van der Waals surface area contributed by atoms with E-state index in [0.717, 1.165) is 26.8 Å². The number of carbonyl (C=O) groups is 2. The quantitative estimate of drug-likeness (QED) is 0.567. The Morgan fingerprint density at radius 1 is 1.14 bits per heavy atom. The maximum Gasteiger partial charge on any atom is 0.409 e. The van der Waals surface area contributed by atoms with Crippen LogP contribution in [0.5, 0.6) is 0 Å². The zero-order chi connectivity index (χ0) is 19.9. The Kier molecular flexibility index (Phi) is 4.28. The lowest BCUT2D eigenvalue weighted by atomic mass is 10.0. The highest BCUT2D eigenvalue weighted by molar-refractivity contribution is 7.10. The SMILES string of the molecule is Cc1nsc(-c2ccc3cc(C#CC4(C(=O)O)CC4)ccc3c2)c1NC(=O)O. The summed E-state index contributed by atoms with van der Waals surface area (Å²) in [6.45, 7) is 1.76. The first kappa shape index (κ1) is 18.0. The number of hydrogen-bond donors (Lipinski definition) is 3. The summed E-state index contributed by atoms with van der Waals surface area (Å²) >= 11 is 1.25. The van der Waals surface area contributed by atoms with Crippen LogP contribution in [0.4, 0.5) is 10.5 Å². The Morgan fingerprint density at radius 2 is 1.86 bits per heavy atom. The minimum absolute atomic E-state index is 0.503. The molecule has 1 amide bonds. The summed E-state index contributed by atoms with van der Waals surface area (Å²) in [6, 6.07) is 11.6. The Labute approximate surface area is 165 Å². The summed E-state index contributed by atoms with van der Waals surface area (Å²) in [5.74, 6) is 5.03. The van der Waals surface area contributed by atoms with E-state index in [1.54, 1.807) is 6.92 Å². The fourth-order valence-electron chi connectivity index (χ4n) is 2.99. The molecule has 1 heterocycles. The molecule has 7 heteroatoms. The summed E-state index contributed by atoms with van der Waals surface area (Å²) in [5, 5.41) is 22.6. The van der Waals surface area contributed by atoms with Crippen molar-refractivity contribution >= 4 is 40.1 Å². The van der Waals surface area contributed by atoms with Crippen LogP contribution in [0.25, 0.3) is 21.2 Å². The Morgan fingerprint density at radius 3 is 2.54 bits per heavy atom. The van der Waals surface area contributed by atoms with Crippen LogP contribution in [-0.4, -0.2) is 26.6 Å². The monoisotopic (exact) mass is 392 g/mol. The van der Waals surface area contributed by atoms with Gasteiger partial charge in [-0.3, -0.25) is 10.1 Å². The molecule has 0 unspecified atom stereocenters. The number of aromatic nitrogens is 1. The normalized spacial score (nSPS) is 14.2. The molecular weight excluding hydrogens is 376 g/mol. The predicted molar refractivity (Wildman–Crippen MR) is 108 cm³/mol. The molecule has 0 bridgehead atoms. The third kappa shape index (κ3) is 3.30. The van der Waals surface area contributed by atoms with Gasteiger partial charge in [0.1, 0.15) is 5.41 Å². The molecule has 6 nitrogen and oxygen atoms in total. The average Bonchev–Trinajstić information content (AvgIpc) is 3.39. The van der Waals surface area contributed by atoms with Gasteiger partial charge in [-0.05, 0) is 65.8 Å². The number of aliphatic carboxylic acids is 1. The van der Waals surface area contributed by atoms with Crippen molar-refractivity contribution in [2.75, 3.05) is 5.32 Å². The minimum Gasteiger partial charge on any atom is -0.480 e. The van der Waals surface area contributed by atoms with Crippen LogP contribution in [0.3, 0.4) is 0 Å². The molecule has 0 atom stereocenters. The maximum absolute atomic E-state index is 11.2. The summed E-state index contributed by atoms with van der Waals surface area (Å²) in [4.78, 5) is 23.1. The third-order valence-corrected chi connectivity index (χ3v) is 5.79. The van der Waals surface area contributed by atoms with E-state index in [4.69, 9.17) is 5.11 Å². The van der Waals surface area contributed by atoms with E-state index in [1.165, 1.54) is 11.5 Å². The standard InChI is InChI=1S/C21H16N2O4S/c1-12-17(22-20(26)27)18(28-23-12)16-5-4-14-10-13(2-3-15(14)11-16)6-7-21(8-9-21)19(24)25/h2-5,10-11,22H,8-9H2,1H3,(H,24,25)(H,26,27). The van der Waals surface area contributed by atoms with Crippen molar-refractivity contribution in [1.29, 1.82) is 0 Å².